The summed E-state index contributed by atoms with van der Waals surface area (Å²) in [5.41, 5.74) is 1.92. The quantitative estimate of drug-likeness (QED) is 0.601. The van der Waals surface area contributed by atoms with Gasteiger partial charge < -0.3 is 15.0 Å². The van der Waals surface area contributed by atoms with Crippen molar-refractivity contribution in [3.05, 3.63) is 66.5 Å². The highest BCUT2D eigenvalue weighted by atomic mass is 32.2. The molecule has 31 heavy (non-hydrogen) atoms. The van der Waals surface area contributed by atoms with Gasteiger partial charge in [-0.25, -0.2) is 9.97 Å². The van der Waals surface area contributed by atoms with E-state index in [4.69, 9.17) is 4.74 Å². The van der Waals surface area contributed by atoms with Crippen molar-refractivity contribution in [2.75, 3.05) is 30.4 Å². The molecular formula is C24H26N4O2S. The van der Waals surface area contributed by atoms with Crippen LogP contribution in [0.5, 0.6) is 5.75 Å². The van der Waals surface area contributed by atoms with Crippen molar-refractivity contribution in [1.82, 2.24) is 9.97 Å². The van der Waals surface area contributed by atoms with E-state index in [0.29, 0.717) is 18.0 Å². The number of amides is 1. The Morgan fingerprint density at radius 1 is 1.13 bits per heavy atom. The van der Waals surface area contributed by atoms with Crippen LogP contribution in [0.25, 0.3) is 0 Å². The molecular weight excluding hydrogens is 408 g/mol. The fraction of sp³-hybridized carbons (Fsp3) is 0.292. The number of nitrogens with one attached hydrogen (secondary N) is 1. The van der Waals surface area contributed by atoms with Gasteiger partial charge in [-0.05, 0) is 44.0 Å². The number of rotatable bonds is 6. The molecule has 0 aliphatic carbocycles. The lowest BCUT2D eigenvalue weighted by Crippen LogP contribution is -2.41. The molecule has 1 unspecified atom stereocenters. The molecule has 1 aromatic heterocycles. The number of methoxy groups -OCH3 is 1. The molecule has 2 aromatic carbocycles. The maximum Gasteiger partial charge on any atom is 0.229 e. The molecule has 0 radical (unpaired) electrons. The van der Waals surface area contributed by atoms with Gasteiger partial charge in [-0.1, -0.05) is 41.6 Å². The van der Waals surface area contributed by atoms with E-state index in [9.17, 15) is 4.79 Å². The second kappa shape index (κ2) is 9.83. The molecule has 1 aliphatic heterocycles. The molecule has 0 saturated carbocycles. The topological polar surface area (TPSA) is 67.3 Å². The van der Waals surface area contributed by atoms with Gasteiger partial charge in [-0.3, -0.25) is 4.79 Å². The molecule has 2 heterocycles. The van der Waals surface area contributed by atoms with Crippen molar-refractivity contribution in [3.63, 3.8) is 0 Å². The van der Waals surface area contributed by atoms with E-state index in [1.165, 1.54) is 5.56 Å². The van der Waals surface area contributed by atoms with E-state index in [1.54, 1.807) is 31.3 Å². The molecule has 1 atom stereocenters. The molecule has 4 rings (SSSR count). The highest BCUT2D eigenvalue weighted by Gasteiger charge is 2.28. The summed E-state index contributed by atoms with van der Waals surface area (Å²) in [5.74, 6) is 1.38. The van der Waals surface area contributed by atoms with Crippen LogP contribution < -0.4 is 15.0 Å². The number of anilines is 2. The summed E-state index contributed by atoms with van der Waals surface area (Å²) in [6.07, 6.45) is 5.20. The summed E-state index contributed by atoms with van der Waals surface area (Å²) >= 11 is 1.60. The van der Waals surface area contributed by atoms with E-state index in [1.807, 2.05) is 24.3 Å². The third-order valence-electron chi connectivity index (χ3n) is 5.34. The molecule has 1 aliphatic rings. The van der Waals surface area contributed by atoms with Crippen molar-refractivity contribution in [1.29, 1.82) is 0 Å². The van der Waals surface area contributed by atoms with Crippen molar-refractivity contribution in [3.8, 4) is 5.75 Å². The molecule has 1 N–H and O–H groups in total. The van der Waals surface area contributed by atoms with E-state index < -0.39 is 0 Å². The van der Waals surface area contributed by atoms with Crippen LogP contribution in [-0.2, 0) is 4.79 Å². The highest BCUT2D eigenvalue weighted by Crippen LogP contribution is 2.34. The van der Waals surface area contributed by atoms with Crippen LogP contribution in [0.1, 0.15) is 18.4 Å². The van der Waals surface area contributed by atoms with E-state index >= 15 is 0 Å². The summed E-state index contributed by atoms with van der Waals surface area (Å²) in [4.78, 5) is 25.5. The minimum absolute atomic E-state index is 0.00540. The zero-order valence-corrected chi connectivity index (χ0v) is 18.6. The normalized spacial score (nSPS) is 16.1. The average molecular weight is 435 g/mol. The maximum absolute atomic E-state index is 13.0. The molecule has 7 heteroatoms. The van der Waals surface area contributed by atoms with Crippen LogP contribution in [0.3, 0.4) is 0 Å². The number of benzene rings is 2. The van der Waals surface area contributed by atoms with Gasteiger partial charge in [0, 0.05) is 30.4 Å². The third kappa shape index (κ3) is 5.17. The number of para-hydroxylation sites is 2. The van der Waals surface area contributed by atoms with Gasteiger partial charge in [0.05, 0.1) is 18.7 Å². The Bertz CT molecular complexity index is 1040. The Hall–Kier alpha value is -3.06. The molecule has 160 valence electrons. The number of piperidine rings is 1. The number of aryl methyl sites for hydroxylation is 1. The van der Waals surface area contributed by atoms with Crippen molar-refractivity contribution >= 4 is 29.2 Å². The van der Waals surface area contributed by atoms with Crippen LogP contribution in [0, 0.1) is 12.8 Å². The molecule has 1 amide bonds. The first-order valence-electron chi connectivity index (χ1n) is 10.4. The predicted molar refractivity (Wildman–Crippen MR) is 124 cm³/mol. The average Bonchev–Trinajstić information content (AvgIpc) is 2.81. The van der Waals surface area contributed by atoms with Gasteiger partial charge in [0.2, 0.25) is 5.91 Å². The Morgan fingerprint density at radius 3 is 2.71 bits per heavy atom. The SMILES string of the molecule is COc1ccccc1NC(=O)C1CCCN(c2nccnc2Sc2ccc(C)cc2)C1. The first-order chi connectivity index (χ1) is 15.1. The lowest BCUT2D eigenvalue weighted by atomic mass is 9.97. The third-order valence-corrected chi connectivity index (χ3v) is 6.33. The molecule has 6 nitrogen and oxygen atoms in total. The molecule has 3 aromatic rings. The first kappa shape index (κ1) is 21.2. The molecule has 0 spiro atoms. The van der Waals surface area contributed by atoms with E-state index in [0.717, 1.165) is 35.1 Å². The smallest absolute Gasteiger partial charge is 0.229 e. The zero-order chi connectivity index (χ0) is 21.6. The van der Waals surface area contributed by atoms with Gasteiger partial charge >= 0.3 is 0 Å². The van der Waals surface area contributed by atoms with E-state index in [2.05, 4.69) is 51.4 Å². The summed E-state index contributed by atoms with van der Waals surface area (Å²) in [7, 11) is 1.61. The first-order valence-corrected chi connectivity index (χ1v) is 11.2. The minimum Gasteiger partial charge on any atom is -0.495 e. The Labute approximate surface area is 187 Å². The summed E-state index contributed by atoms with van der Waals surface area (Å²) in [6.45, 7) is 3.55. The van der Waals surface area contributed by atoms with Gasteiger partial charge in [0.1, 0.15) is 10.8 Å². The highest BCUT2D eigenvalue weighted by molar-refractivity contribution is 7.99. The number of ether oxygens (including phenoxy) is 1. The number of aromatic nitrogens is 2. The Balaban J connectivity index is 1.48. The maximum atomic E-state index is 13.0. The van der Waals surface area contributed by atoms with Crippen LogP contribution in [0.4, 0.5) is 11.5 Å². The number of hydrogen-bond donors (Lipinski definition) is 1. The van der Waals surface area contributed by atoms with Crippen LogP contribution >= 0.6 is 11.8 Å². The number of carbonyl (C=O) groups is 1. The van der Waals surface area contributed by atoms with Gasteiger partial charge in [-0.2, -0.15) is 0 Å². The predicted octanol–water partition coefficient (Wildman–Crippen LogP) is 4.80. The lowest BCUT2D eigenvalue weighted by molar-refractivity contribution is -0.120. The number of hydrogen-bond acceptors (Lipinski definition) is 6. The number of carbonyl (C=O) groups excluding carboxylic acids is 1. The standard InChI is InChI=1S/C24H26N4O2S/c1-17-9-11-19(12-10-17)31-24-22(25-13-14-26-24)28-15-5-6-18(16-28)23(29)27-20-7-3-4-8-21(20)30-2/h3-4,7-14,18H,5-6,15-16H2,1-2H3,(H,27,29). The largest absolute Gasteiger partial charge is 0.495 e. The van der Waals surface area contributed by atoms with Gasteiger partial charge in [-0.15, -0.1) is 0 Å². The van der Waals surface area contributed by atoms with Crippen molar-refractivity contribution < 1.29 is 9.53 Å². The van der Waals surface area contributed by atoms with Crippen molar-refractivity contribution in [2.24, 2.45) is 5.92 Å². The molecule has 1 saturated heterocycles. The lowest BCUT2D eigenvalue weighted by Gasteiger charge is -2.33. The Morgan fingerprint density at radius 2 is 1.90 bits per heavy atom. The fourth-order valence-electron chi connectivity index (χ4n) is 3.69. The number of nitrogens with zero attached hydrogens (tertiary/aromatic N) is 3. The fourth-order valence-corrected chi connectivity index (χ4v) is 4.57. The monoisotopic (exact) mass is 434 g/mol. The van der Waals surface area contributed by atoms with Crippen LogP contribution in [0.15, 0.2) is 70.8 Å². The summed E-state index contributed by atoms with van der Waals surface area (Å²) in [6, 6.07) is 15.9. The van der Waals surface area contributed by atoms with Crippen molar-refractivity contribution in [2.45, 2.75) is 29.7 Å². The second-order valence-electron chi connectivity index (χ2n) is 7.57. The molecule has 1 fully saturated rings. The second-order valence-corrected chi connectivity index (χ2v) is 8.64. The van der Waals surface area contributed by atoms with Gasteiger partial charge in [0.15, 0.2) is 5.82 Å². The Kier molecular flexibility index (Phi) is 6.72. The molecule has 0 bridgehead atoms. The van der Waals surface area contributed by atoms with Crippen LogP contribution in [0.2, 0.25) is 0 Å². The zero-order valence-electron chi connectivity index (χ0n) is 17.7. The summed E-state index contributed by atoms with van der Waals surface area (Å²) in [5, 5.41) is 3.89. The minimum atomic E-state index is -0.127. The van der Waals surface area contributed by atoms with E-state index in [-0.39, 0.29) is 11.8 Å². The summed E-state index contributed by atoms with van der Waals surface area (Å²) < 4.78 is 5.36. The van der Waals surface area contributed by atoms with Gasteiger partial charge in [0.25, 0.3) is 0 Å². The van der Waals surface area contributed by atoms with Crippen LogP contribution in [-0.4, -0.2) is 36.1 Å².